The number of amides is 1. The maximum Gasteiger partial charge on any atom is 0.238 e. The van der Waals surface area contributed by atoms with Gasteiger partial charge in [0.05, 0.1) is 17.3 Å². The van der Waals surface area contributed by atoms with Crippen LogP contribution in [0.4, 0.5) is 10.1 Å². The van der Waals surface area contributed by atoms with Crippen molar-refractivity contribution in [2.75, 3.05) is 25.0 Å². The Labute approximate surface area is 116 Å². The topological polar surface area (TPSA) is 58.4 Å². The first-order valence-electron chi connectivity index (χ1n) is 6.28. The molecule has 0 radical (unpaired) electrons. The van der Waals surface area contributed by atoms with Crippen LogP contribution in [0.25, 0.3) is 0 Å². The summed E-state index contributed by atoms with van der Waals surface area (Å²) >= 11 is 5.65. The Morgan fingerprint density at radius 2 is 2.16 bits per heavy atom. The minimum atomic E-state index is -0.599. The quantitative estimate of drug-likeness (QED) is 0.891. The number of piperidine rings is 1. The molecule has 1 aromatic carbocycles. The molecule has 104 valence electrons. The van der Waals surface area contributed by atoms with E-state index in [9.17, 15) is 9.18 Å². The van der Waals surface area contributed by atoms with E-state index in [0.717, 1.165) is 25.9 Å². The van der Waals surface area contributed by atoms with E-state index in [1.807, 2.05) is 4.90 Å². The van der Waals surface area contributed by atoms with Gasteiger partial charge in [-0.05, 0) is 25.0 Å². The average Bonchev–Trinajstić information content (AvgIpc) is 2.38. The number of anilines is 1. The highest BCUT2D eigenvalue weighted by Crippen LogP contribution is 2.21. The van der Waals surface area contributed by atoms with Crippen LogP contribution in [-0.4, -0.2) is 36.5 Å². The summed E-state index contributed by atoms with van der Waals surface area (Å²) in [6.07, 6.45) is 1.78. The Bertz CT molecular complexity index is 461. The molecule has 1 fully saturated rings. The van der Waals surface area contributed by atoms with Crippen LogP contribution in [-0.2, 0) is 4.79 Å². The summed E-state index contributed by atoms with van der Waals surface area (Å²) in [5, 5.41) is 2.54. The van der Waals surface area contributed by atoms with Crippen molar-refractivity contribution in [3.8, 4) is 0 Å². The van der Waals surface area contributed by atoms with Crippen molar-refractivity contribution in [3.63, 3.8) is 0 Å². The van der Waals surface area contributed by atoms with E-state index in [4.69, 9.17) is 17.3 Å². The molecule has 1 heterocycles. The van der Waals surface area contributed by atoms with Gasteiger partial charge in [-0.2, -0.15) is 0 Å². The number of nitrogens with one attached hydrogen (secondary N) is 1. The lowest BCUT2D eigenvalue weighted by Gasteiger charge is -2.29. The highest BCUT2D eigenvalue weighted by molar-refractivity contribution is 6.31. The van der Waals surface area contributed by atoms with Crippen LogP contribution in [0.3, 0.4) is 0 Å². The molecule has 0 unspecified atom stereocenters. The van der Waals surface area contributed by atoms with Crippen LogP contribution in [0.2, 0.25) is 5.02 Å². The SMILES string of the molecule is NC1CCN(CC(=O)Nc2cccc(Cl)c2F)CC1. The van der Waals surface area contributed by atoms with Gasteiger partial charge in [0, 0.05) is 19.1 Å². The van der Waals surface area contributed by atoms with Gasteiger partial charge in [0.1, 0.15) is 0 Å². The Balaban J connectivity index is 1.89. The first-order chi connectivity index (χ1) is 9.06. The van der Waals surface area contributed by atoms with Gasteiger partial charge in [-0.1, -0.05) is 17.7 Å². The summed E-state index contributed by atoms with van der Waals surface area (Å²) in [5.74, 6) is -0.838. The summed E-state index contributed by atoms with van der Waals surface area (Å²) in [7, 11) is 0. The summed E-state index contributed by atoms with van der Waals surface area (Å²) in [6, 6.07) is 4.76. The van der Waals surface area contributed by atoms with E-state index >= 15 is 0 Å². The summed E-state index contributed by atoms with van der Waals surface area (Å²) in [4.78, 5) is 13.8. The first-order valence-corrected chi connectivity index (χ1v) is 6.66. The molecule has 0 aliphatic carbocycles. The van der Waals surface area contributed by atoms with Crippen molar-refractivity contribution >= 4 is 23.2 Å². The van der Waals surface area contributed by atoms with Crippen molar-refractivity contribution < 1.29 is 9.18 Å². The fourth-order valence-corrected chi connectivity index (χ4v) is 2.28. The van der Waals surface area contributed by atoms with E-state index in [1.165, 1.54) is 12.1 Å². The second-order valence-electron chi connectivity index (χ2n) is 4.76. The molecule has 0 atom stereocenters. The number of carbonyl (C=O) groups is 1. The smallest absolute Gasteiger partial charge is 0.238 e. The van der Waals surface area contributed by atoms with Crippen molar-refractivity contribution in [3.05, 3.63) is 29.0 Å². The van der Waals surface area contributed by atoms with Gasteiger partial charge >= 0.3 is 0 Å². The lowest BCUT2D eigenvalue weighted by Crippen LogP contribution is -2.43. The molecule has 4 nitrogen and oxygen atoms in total. The Kier molecular flexibility index (Phi) is 4.74. The van der Waals surface area contributed by atoms with Crippen molar-refractivity contribution in [1.82, 2.24) is 4.90 Å². The van der Waals surface area contributed by atoms with Gasteiger partial charge in [-0.3, -0.25) is 9.69 Å². The van der Waals surface area contributed by atoms with E-state index in [1.54, 1.807) is 6.07 Å². The zero-order valence-corrected chi connectivity index (χ0v) is 11.3. The zero-order valence-electron chi connectivity index (χ0n) is 10.5. The fourth-order valence-electron chi connectivity index (χ4n) is 2.10. The summed E-state index contributed by atoms with van der Waals surface area (Å²) in [5.41, 5.74) is 5.91. The van der Waals surface area contributed by atoms with Crippen LogP contribution in [0.1, 0.15) is 12.8 Å². The molecular weight excluding hydrogens is 269 g/mol. The molecule has 0 spiro atoms. The van der Waals surface area contributed by atoms with Gasteiger partial charge in [-0.15, -0.1) is 0 Å². The first kappa shape index (κ1) is 14.2. The summed E-state index contributed by atoms with van der Waals surface area (Å²) in [6.45, 7) is 1.85. The van der Waals surface area contributed by atoms with Gasteiger partial charge in [0.2, 0.25) is 5.91 Å². The molecule has 2 rings (SSSR count). The third-order valence-electron chi connectivity index (χ3n) is 3.23. The van der Waals surface area contributed by atoms with Gasteiger partial charge < -0.3 is 11.1 Å². The average molecular weight is 286 g/mol. The molecule has 0 aromatic heterocycles. The molecule has 1 aliphatic rings. The van der Waals surface area contributed by atoms with Crippen LogP contribution in [0, 0.1) is 5.82 Å². The van der Waals surface area contributed by atoms with E-state index in [-0.39, 0.29) is 29.2 Å². The maximum absolute atomic E-state index is 13.6. The largest absolute Gasteiger partial charge is 0.328 e. The number of nitrogens with zero attached hydrogens (tertiary/aromatic N) is 1. The van der Waals surface area contributed by atoms with Gasteiger partial charge in [0.15, 0.2) is 5.82 Å². The highest BCUT2D eigenvalue weighted by atomic mass is 35.5. The highest BCUT2D eigenvalue weighted by Gasteiger charge is 2.18. The molecule has 3 N–H and O–H groups in total. The molecule has 1 aromatic rings. The second-order valence-corrected chi connectivity index (χ2v) is 5.17. The molecule has 1 saturated heterocycles. The number of rotatable bonds is 3. The second kappa shape index (κ2) is 6.32. The number of benzene rings is 1. The van der Waals surface area contributed by atoms with E-state index < -0.39 is 5.82 Å². The molecule has 19 heavy (non-hydrogen) atoms. The minimum Gasteiger partial charge on any atom is -0.328 e. The lowest BCUT2D eigenvalue weighted by atomic mass is 10.1. The molecule has 1 amide bonds. The third kappa shape index (κ3) is 3.89. The minimum absolute atomic E-state index is 0.00162. The molecule has 6 heteroatoms. The monoisotopic (exact) mass is 285 g/mol. The normalized spacial score (nSPS) is 17.4. The van der Waals surface area contributed by atoms with Gasteiger partial charge in [0.25, 0.3) is 0 Å². The predicted molar refractivity (Wildman–Crippen MR) is 73.7 cm³/mol. The number of hydrogen-bond acceptors (Lipinski definition) is 3. The number of carbonyl (C=O) groups excluding carboxylic acids is 1. The molecule has 0 bridgehead atoms. The zero-order chi connectivity index (χ0) is 13.8. The van der Waals surface area contributed by atoms with Crippen molar-refractivity contribution in [2.45, 2.75) is 18.9 Å². The maximum atomic E-state index is 13.6. The standard InChI is InChI=1S/C13H17ClFN3O/c14-10-2-1-3-11(13(10)15)17-12(19)8-18-6-4-9(16)5-7-18/h1-3,9H,4-8,16H2,(H,17,19). The van der Waals surface area contributed by atoms with Gasteiger partial charge in [-0.25, -0.2) is 4.39 Å². The Hall–Kier alpha value is -1.17. The van der Waals surface area contributed by atoms with Crippen LogP contribution >= 0.6 is 11.6 Å². The van der Waals surface area contributed by atoms with Crippen LogP contribution in [0.5, 0.6) is 0 Å². The number of hydrogen-bond donors (Lipinski definition) is 2. The predicted octanol–water partition coefficient (Wildman–Crippen LogP) is 1.84. The van der Waals surface area contributed by atoms with E-state index in [0.29, 0.717) is 0 Å². The van der Waals surface area contributed by atoms with Crippen molar-refractivity contribution in [1.29, 1.82) is 0 Å². The third-order valence-corrected chi connectivity index (χ3v) is 3.52. The van der Waals surface area contributed by atoms with Crippen molar-refractivity contribution in [2.24, 2.45) is 5.73 Å². The van der Waals surface area contributed by atoms with Crippen LogP contribution < -0.4 is 11.1 Å². The molecular formula is C13H17ClFN3O. The number of halogens is 2. The van der Waals surface area contributed by atoms with E-state index in [2.05, 4.69) is 5.32 Å². The summed E-state index contributed by atoms with van der Waals surface area (Å²) < 4.78 is 13.6. The number of nitrogens with two attached hydrogens (primary N) is 1. The van der Waals surface area contributed by atoms with Crippen LogP contribution in [0.15, 0.2) is 18.2 Å². The molecule has 0 saturated carbocycles. The Morgan fingerprint density at radius 1 is 1.47 bits per heavy atom. The number of likely N-dealkylation sites (tertiary alicyclic amines) is 1. The Morgan fingerprint density at radius 3 is 2.84 bits per heavy atom. The fraction of sp³-hybridized carbons (Fsp3) is 0.462. The lowest BCUT2D eigenvalue weighted by molar-refractivity contribution is -0.117. The molecule has 1 aliphatic heterocycles.